The molecule has 0 heterocycles. The fourth-order valence-corrected chi connectivity index (χ4v) is 1.78. The molecule has 1 amide bonds. The Kier molecular flexibility index (Phi) is 6.48. The number of nitrogens with one attached hydrogen (secondary N) is 1. The number of carbonyl (C=O) groups is 2. The van der Waals surface area contributed by atoms with Crippen LogP contribution in [-0.4, -0.2) is 29.8 Å². The van der Waals surface area contributed by atoms with Gasteiger partial charge in [-0.2, -0.15) is 5.26 Å². The zero-order valence-electron chi connectivity index (χ0n) is 11.4. The maximum Gasteiger partial charge on any atom is 0.407 e. The second-order valence-corrected chi connectivity index (χ2v) is 4.34. The summed E-state index contributed by atoms with van der Waals surface area (Å²) in [6.07, 6.45) is 0.783. The van der Waals surface area contributed by atoms with Gasteiger partial charge in [0, 0.05) is 6.04 Å². The van der Waals surface area contributed by atoms with Crippen LogP contribution in [0.3, 0.4) is 0 Å². The van der Waals surface area contributed by atoms with Gasteiger partial charge in [-0.3, -0.25) is 4.79 Å². The van der Waals surface area contributed by atoms with Crippen LogP contribution in [-0.2, 0) is 16.0 Å². The number of rotatable bonds is 7. The number of carbonyl (C=O) groups excluding carboxylic acids is 1. The Hall–Kier alpha value is -2.81. The van der Waals surface area contributed by atoms with Gasteiger partial charge in [-0.15, -0.1) is 0 Å². The van der Waals surface area contributed by atoms with Crippen molar-refractivity contribution < 1.29 is 19.4 Å². The van der Waals surface area contributed by atoms with Crippen LogP contribution in [0.5, 0.6) is 0 Å². The highest BCUT2D eigenvalue weighted by molar-refractivity contribution is 5.71. The van der Waals surface area contributed by atoms with Crippen molar-refractivity contribution in [3.05, 3.63) is 48.0 Å². The molecule has 1 rings (SSSR count). The second-order valence-electron chi connectivity index (χ2n) is 4.34. The number of nitrogens with zero attached hydrogens (tertiary/aromatic N) is 1. The minimum atomic E-state index is -1.03. The van der Waals surface area contributed by atoms with E-state index in [-0.39, 0.29) is 13.0 Å². The molecule has 0 saturated heterocycles. The fourth-order valence-electron chi connectivity index (χ4n) is 1.78. The minimum absolute atomic E-state index is 0.0511. The molecule has 0 aliphatic carbocycles. The van der Waals surface area contributed by atoms with Crippen molar-refractivity contribution in [2.24, 2.45) is 0 Å². The summed E-state index contributed by atoms with van der Waals surface area (Å²) in [4.78, 5) is 22.3. The first-order valence-corrected chi connectivity index (χ1v) is 6.30. The van der Waals surface area contributed by atoms with Crippen molar-refractivity contribution in [3.8, 4) is 6.07 Å². The molecular weight excluding hydrogens is 272 g/mol. The van der Waals surface area contributed by atoms with Gasteiger partial charge in [0.25, 0.3) is 0 Å². The summed E-state index contributed by atoms with van der Waals surface area (Å²) in [6, 6.07) is 8.19. The van der Waals surface area contributed by atoms with E-state index in [2.05, 4.69) is 11.9 Å². The molecule has 0 aromatic heterocycles. The molecule has 0 bridgehead atoms. The molecule has 0 radical (unpaired) electrons. The predicted molar refractivity (Wildman–Crippen MR) is 75.6 cm³/mol. The Morgan fingerprint density at radius 1 is 1.52 bits per heavy atom. The molecule has 6 heteroatoms. The van der Waals surface area contributed by atoms with Crippen molar-refractivity contribution in [1.29, 1.82) is 5.26 Å². The topological polar surface area (TPSA) is 99.4 Å². The van der Waals surface area contributed by atoms with Gasteiger partial charge in [0.15, 0.2) is 0 Å². The van der Waals surface area contributed by atoms with E-state index in [1.54, 1.807) is 24.3 Å². The van der Waals surface area contributed by atoms with Crippen LogP contribution < -0.4 is 5.32 Å². The molecule has 1 aromatic carbocycles. The Labute approximate surface area is 122 Å². The molecule has 1 atom stereocenters. The lowest BCUT2D eigenvalue weighted by molar-refractivity contribution is -0.137. The molecular formula is C15H16N2O4. The number of aliphatic carboxylic acids is 1. The highest BCUT2D eigenvalue weighted by Gasteiger charge is 2.17. The highest BCUT2D eigenvalue weighted by Crippen LogP contribution is 2.09. The number of alkyl carbamates (subject to hydrolysis) is 1. The first kappa shape index (κ1) is 16.2. The molecule has 0 saturated carbocycles. The number of amides is 1. The largest absolute Gasteiger partial charge is 0.481 e. The van der Waals surface area contributed by atoms with Gasteiger partial charge in [-0.25, -0.2) is 4.79 Å². The van der Waals surface area contributed by atoms with Gasteiger partial charge < -0.3 is 15.2 Å². The summed E-state index contributed by atoms with van der Waals surface area (Å²) in [5.41, 5.74) is 1.25. The SMILES string of the molecule is C=CCOC(=O)N[C@H](CC(=O)O)Cc1cccc(C#N)c1. The van der Waals surface area contributed by atoms with Crippen molar-refractivity contribution in [2.75, 3.05) is 6.61 Å². The van der Waals surface area contributed by atoms with Crippen molar-refractivity contribution in [2.45, 2.75) is 18.9 Å². The van der Waals surface area contributed by atoms with Crippen LogP contribution >= 0.6 is 0 Å². The highest BCUT2D eigenvalue weighted by atomic mass is 16.5. The lowest BCUT2D eigenvalue weighted by atomic mass is 10.0. The van der Waals surface area contributed by atoms with Crippen molar-refractivity contribution in [1.82, 2.24) is 5.32 Å². The van der Waals surface area contributed by atoms with Crippen LogP contribution in [0.2, 0.25) is 0 Å². The molecule has 0 aliphatic heterocycles. The number of hydrogen-bond acceptors (Lipinski definition) is 4. The number of hydrogen-bond donors (Lipinski definition) is 2. The number of nitriles is 1. The second kappa shape index (κ2) is 8.38. The summed E-state index contributed by atoms with van der Waals surface area (Å²) in [7, 11) is 0. The summed E-state index contributed by atoms with van der Waals surface area (Å²) >= 11 is 0. The van der Waals surface area contributed by atoms with E-state index >= 15 is 0 Å². The average molecular weight is 288 g/mol. The van der Waals surface area contributed by atoms with E-state index in [9.17, 15) is 9.59 Å². The summed E-state index contributed by atoms with van der Waals surface area (Å²) < 4.78 is 4.77. The number of carboxylic acids is 1. The van der Waals surface area contributed by atoms with Gasteiger partial charge in [0.05, 0.1) is 18.1 Å². The van der Waals surface area contributed by atoms with E-state index in [0.717, 1.165) is 5.56 Å². The molecule has 6 nitrogen and oxygen atoms in total. The van der Waals surface area contributed by atoms with Gasteiger partial charge in [0.1, 0.15) is 6.61 Å². The van der Waals surface area contributed by atoms with Crippen LogP contribution in [0.1, 0.15) is 17.5 Å². The summed E-state index contributed by atoms with van der Waals surface area (Å²) in [6.45, 7) is 3.47. The van der Waals surface area contributed by atoms with Crippen molar-refractivity contribution in [3.63, 3.8) is 0 Å². The number of benzene rings is 1. The summed E-state index contributed by atoms with van der Waals surface area (Å²) in [5, 5.41) is 20.2. The van der Waals surface area contributed by atoms with Crippen LogP contribution in [0.25, 0.3) is 0 Å². The average Bonchev–Trinajstić information content (AvgIpc) is 2.44. The number of carboxylic acid groups (broad SMARTS) is 1. The quantitative estimate of drug-likeness (QED) is 0.746. The maximum absolute atomic E-state index is 11.5. The van der Waals surface area contributed by atoms with Gasteiger partial charge in [0.2, 0.25) is 0 Å². The lowest BCUT2D eigenvalue weighted by Gasteiger charge is -2.16. The monoisotopic (exact) mass is 288 g/mol. The Morgan fingerprint density at radius 3 is 2.90 bits per heavy atom. The maximum atomic E-state index is 11.5. The third-order valence-corrected chi connectivity index (χ3v) is 2.61. The first-order valence-electron chi connectivity index (χ1n) is 6.30. The molecule has 2 N–H and O–H groups in total. The normalized spacial score (nSPS) is 11.0. The van der Waals surface area contributed by atoms with E-state index in [0.29, 0.717) is 12.0 Å². The molecule has 0 fully saturated rings. The molecule has 21 heavy (non-hydrogen) atoms. The standard InChI is InChI=1S/C15H16N2O4/c1-2-6-21-15(20)17-13(9-14(18)19)8-11-4-3-5-12(7-11)10-16/h2-5,7,13H,1,6,8-9H2,(H,17,20)(H,18,19)/t13-/m0/s1. The first-order chi connectivity index (χ1) is 10.0. The van der Waals surface area contributed by atoms with Crippen LogP contribution in [0.15, 0.2) is 36.9 Å². The Morgan fingerprint density at radius 2 is 2.29 bits per heavy atom. The van der Waals surface area contributed by atoms with Crippen LogP contribution in [0, 0.1) is 11.3 Å². The van der Waals surface area contributed by atoms with E-state index in [4.69, 9.17) is 15.1 Å². The molecule has 110 valence electrons. The van der Waals surface area contributed by atoms with E-state index < -0.39 is 18.1 Å². The van der Waals surface area contributed by atoms with E-state index in [1.807, 2.05) is 6.07 Å². The van der Waals surface area contributed by atoms with Gasteiger partial charge >= 0.3 is 12.1 Å². The molecule has 1 aromatic rings. The molecule has 0 aliphatic rings. The minimum Gasteiger partial charge on any atom is -0.481 e. The van der Waals surface area contributed by atoms with Crippen LogP contribution in [0.4, 0.5) is 4.79 Å². The van der Waals surface area contributed by atoms with Crippen molar-refractivity contribution >= 4 is 12.1 Å². The fraction of sp³-hybridized carbons (Fsp3) is 0.267. The summed E-state index contributed by atoms with van der Waals surface area (Å²) in [5.74, 6) is -1.03. The van der Waals surface area contributed by atoms with Gasteiger partial charge in [-0.05, 0) is 24.1 Å². The number of ether oxygens (including phenoxy) is 1. The molecule has 0 spiro atoms. The zero-order valence-corrected chi connectivity index (χ0v) is 11.4. The Bertz CT molecular complexity index is 563. The predicted octanol–water partition coefficient (Wildman–Crippen LogP) is 1.86. The zero-order chi connectivity index (χ0) is 15.7. The Balaban J connectivity index is 2.73. The van der Waals surface area contributed by atoms with Gasteiger partial charge in [-0.1, -0.05) is 24.8 Å². The third kappa shape index (κ3) is 6.25. The third-order valence-electron chi connectivity index (χ3n) is 2.61. The van der Waals surface area contributed by atoms with E-state index in [1.165, 1.54) is 6.08 Å². The smallest absolute Gasteiger partial charge is 0.407 e. The lowest BCUT2D eigenvalue weighted by Crippen LogP contribution is -2.38. The molecule has 0 unspecified atom stereocenters.